The van der Waals surface area contributed by atoms with E-state index in [-0.39, 0.29) is 6.04 Å². The minimum atomic E-state index is -0.398. The molecular formula is C16H21BN2O2. The number of hydrogen-bond acceptors (Lipinski definition) is 3. The van der Waals surface area contributed by atoms with Crippen molar-refractivity contribution < 1.29 is 10.1 Å². The van der Waals surface area contributed by atoms with Crippen molar-refractivity contribution in [3.05, 3.63) is 36.4 Å². The molecule has 0 bridgehead atoms. The van der Waals surface area contributed by atoms with Crippen molar-refractivity contribution in [1.29, 1.82) is 0 Å². The second kappa shape index (κ2) is 5.58. The van der Waals surface area contributed by atoms with E-state index < -0.39 is 7.05 Å². The number of fused-ring (bicyclic) bond motifs is 1. The standard InChI is InChI=1S/C16H21BN2O2/c1-3-13-14-6-4-5-7-15(14)19(16(13)20)12-8-10-18(11-9-12)17(2)21/h3-7,12,20-21H,1,8-11H2,2H3. The lowest BCUT2D eigenvalue weighted by Crippen LogP contribution is -2.43. The van der Waals surface area contributed by atoms with Gasteiger partial charge in [0.1, 0.15) is 0 Å². The van der Waals surface area contributed by atoms with Crippen LogP contribution in [0.3, 0.4) is 0 Å². The second-order valence-corrected chi connectivity index (χ2v) is 5.73. The molecule has 4 nitrogen and oxygen atoms in total. The van der Waals surface area contributed by atoms with E-state index in [1.807, 2.05) is 28.8 Å². The summed E-state index contributed by atoms with van der Waals surface area (Å²) in [4.78, 5) is 2.06. The molecule has 1 aliphatic heterocycles. The van der Waals surface area contributed by atoms with Crippen LogP contribution in [0.1, 0.15) is 24.4 Å². The SMILES string of the molecule is C=Cc1c(O)n(C2CCN(B(C)O)CC2)c2ccccc12. The molecule has 5 heteroatoms. The lowest BCUT2D eigenvalue weighted by Gasteiger charge is -2.33. The third-order valence-electron chi connectivity index (χ3n) is 4.52. The quantitative estimate of drug-likeness (QED) is 0.852. The molecule has 0 atom stereocenters. The van der Waals surface area contributed by atoms with Crippen LogP contribution < -0.4 is 0 Å². The molecule has 0 saturated carbocycles. The van der Waals surface area contributed by atoms with Gasteiger partial charge >= 0.3 is 7.05 Å². The Hall–Kier alpha value is -1.72. The molecule has 21 heavy (non-hydrogen) atoms. The fourth-order valence-electron chi connectivity index (χ4n) is 3.36. The van der Waals surface area contributed by atoms with E-state index in [0.717, 1.165) is 42.4 Å². The minimum absolute atomic E-state index is 0.263. The van der Waals surface area contributed by atoms with Gasteiger partial charge in [0, 0.05) is 17.0 Å². The zero-order valence-corrected chi connectivity index (χ0v) is 12.4. The van der Waals surface area contributed by atoms with Crippen molar-refractivity contribution in [1.82, 2.24) is 9.38 Å². The number of aromatic hydroxyl groups is 1. The van der Waals surface area contributed by atoms with Crippen molar-refractivity contribution in [2.45, 2.75) is 25.7 Å². The number of nitrogens with zero attached hydrogens (tertiary/aromatic N) is 2. The predicted octanol–water partition coefficient (Wildman–Crippen LogP) is 2.74. The van der Waals surface area contributed by atoms with Crippen molar-refractivity contribution >= 4 is 24.0 Å². The van der Waals surface area contributed by atoms with Gasteiger partial charge in [-0.3, -0.25) is 0 Å². The Morgan fingerprint density at radius 2 is 1.95 bits per heavy atom. The Labute approximate surface area is 125 Å². The van der Waals surface area contributed by atoms with E-state index in [2.05, 4.69) is 11.4 Å². The van der Waals surface area contributed by atoms with Gasteiger partial charge < -0.3 is 19.5 Å². The highest BCUT2D eigenvalue weighted by molar-refractivity contribution is 6.45. The van der Waals surface area contributed by atoms with Crippen LogP contribution in [0.15, 0.2) is 30.8 Å². The average molecular weight is 284 g/mol. The van der Waals surface area contributed by atoms with Crippen LogP contribution in [0.25, 0.3) is 17.0 Å². The van der Waals surface area contributed by atoms with Crippen molar-refractivity contribution in [2.75, 3.05) is 13.1 Å². The van der Waals surface area contributed by atoms with Gasteiger partial charge in [-0.1, -0.05) is 30.9 Å². The molecule has 1 aliphatic rings. The molecule has 1 saturated heterocycles. The smallest absolute Gasteiger partial charge is 0.376 e. The van der Waals surface area contributed by atoms with Gasteiger partial charge in [-0.05, 0) is 38.8 Å². The summed E-state index contributed by atoms with van der Waals surface area (Å²) >= 11 is 0. The van der Waals surface area contributed by atoms with E-state index >= 15 is 0 Å². The van der Waals surface area contributed by atoms with Crippen molar-refractivity contribution in [2.24, 2.45) is 0 Å². The fourth-order valence-corrected chi connectivity index (χ4v) is 3.36. The van der Waals surface area contributed by atoms with Crippen LogP contribution in [-0.4, -0.2) is 39.6 Å². The largest absolute Gasteiger partial charge is 0.494 e. The highest BCUT2D eigenvalue weighted by Crippen LogP contribution is 2.38. The first kappa shape index (κ1) is 14.2. The van der Waals surface area contributed by atoms with Crippen LogP contribution in [0.4, 0.5) is 0 Å². The van der Waals surface area contributed by atoms with E-state index in [1.165, 1.54) is 0 Å². The zero-order chi connectivity index (χ0) is 15.0. The molecule has 0 radical (unpaired) electrons. The van der Waals surface area contributed by atoms with Gasteiger partial charge in [0.2, 0.25) is 0 Å². The summed E-state index contributed by atoms with van der Waals surface area (Å²) in [7, 11) is -0.398. The monoisotopic (exact) mass is 284 g/mol. The molecule has 3 rings (SSSR count). The van der Waals surface area contributed by atoms with E-state index in [0.29, 0.717) is 5.88 Å². The lowest BCUT2D eigenvalue weighted by molar-refractivity contribution is 0.243. The number of para-hydroxylation sites is 1. The van der Waals surface area contributed by atoms with Crippen LogP contribution in [0, 0.1) is 0 Å². The normalized spacial score (nSPS) is 17.2. The lowest BCUT2D eigenvalue weighted by atomic mass is 9.82. The molecule has 2 N–H and O–H groups in total. The van der Waals surface area contributed by atoms with Crippen molar-refractivity contribution in [3.63, 3.8) is 0 Å². The van der Waals surface area contributed by atoms with E-state index in [1.54, 1.807) is 12.9 Å². The first-order valence-electron chi connectivity index (χ1n) is 7.50. The molecule has 2 heterocycles. The van der Waals surface area contributed by atoms with Gasteiger partial charge in [-0.25, -0.2) is 0 Å². The van der Waals surface area contributed by atoms with Gasteiger partial charge in [0.05, 0.1) is 5.52 Å². The number of benzene rings is 1. The van der Waals surface area contributed by atoms with Gasteiger partial charge in [0.15, 0.2) is 5.88 Å². The highest BCUT2D eigenvalue weighted by atomic mass is 16.3. The molecule has 0 amide bonds. The number of piperidine rings is 1. The Kier molecular flexibility index (Phi) is 3.78. The fraction of sp³-hybridized carbons (Fsp3) is 0.375. The zero-order valence-electron chi connectivity index (χ0n) is 12.4. The molecule has 0 unspecified atom stereocenters. The molecule has 1 aromatic heterocycles. The molecule has 0 spiro atoms. The first-order valence-corrected chi connectivity index (χ1v) is 7.50. The Bertz CT molecular complexity index is 658. The first-order chi connectivity index (χ1) is 10.1. The Balaban J connectivity index is 1.98. The number of hydrogen-bond donors (Lipinski definition) is 2. The summed E-state index contributed by atoms with van der Waals surface area (Å²) in [5.41, 5.74) is 1.86. The third kappa shape index (κ3) is 2.36. The summed E-state index contributed by atoms with van der Waals surface area (Å²) in [5.74, 6) is 0.307. The van der Waals surface area contributed by atoms with E-state index in [4.69, 9.17) is 0 Å². The topological polar surface area (TPSA) is 48.6 Å². The summed E-state index contributed by atoms with van der Waals surface area (Å²) < 4.78 is 2.03. The Morgan fingerprint density at radius 3 is 2.57 bits per heavy atom. The van der Waals surface area contributed by atoms with Crippen molar-refractivity contribution in [3.8, 4) is 5.88 Å². The molecule has 0 aliphatic carbocycles. The van der Waals surface area contributed by atoms with Gasteiger partial charge in [-0.2, -0.15) is 0 Å². The van der Waals surface area contributed by atoms with Gasteiger partial charge in [0.25, 0.3) is 0 Å². The third-order valence-corrected chi connectivity index (χ3v) is 4.52. The maximum absolute atomic E-state index is 10.6. The maximum Gasteiger partial charge on any atom is 0.376 e. The average Bonchev–Trinajstić information content (AvgIpc) is 2.78. The van der Waals surface area contributed by atoms with Crippen LogP contribution in [0.5, 0.6) is 5.88 Å². The second-order valence-electron chi connectivity index (χ2n) is 5.73. The van der Waals surface area contributed by atoms with Crippen LogP contribution in [-0.2, 0) is 0 Å². The highest BCUT2D eigenvalue weighted by Gasteiger charge is 2.27. The molecule has 1 fully saturated rings. The minimum Gasteiger partial charge on any atom is -0.494 e. The number of aromatic nitrogens is 1. The Morgan fingerprint density at radius 1 is 1.29 bits per heavy atom. The van der Waals surface area contributed by atoms with Crippen LogP contribution in [0.2, 0.25) is 6.82 Å². The molecule has 2 aromatic rings. The summed E-state index contributed by atoms with van der Waals surface area (Å²) in [6, 6.07) is 8.31. The summed E-state index contributed by atoms with van der Waals surface area (Å²) in [5, 5.41) is 21.3. The van der Waals surface area contributed by atoms with Crippen LogP contribution >= 0.6 is 0 Å². The van der Waals surface area contributed by atoms with Gasteiger partial charge in [-0.15, -0.1) is 0 Å². The number of rotatable bonds is 3. The molecule has 110 valence electrons. The van der Waals surface area contributed by atoms with E-state index in [9.17, 15) is 10.1 Å². The molecular weight excluding hydrogens is 263 g/mol. The molecule has 1 aromatic carbocycles. The summed E-state index contributed by atoms with van der Waals surface area (Å²) in [6.45, 7) is 7.32. The predicted molar refractivity (Wildman–Crippen MR) is 87.4 cm³/mol. The summed E-state index contributed by atoms with van der Waals surface area (Å²) in [6.07, 6.45) is 3.57. The maximum atomic E-state index is 10.6.